The number of rotatable bonds is 3. The maximum absolute atomic E-state index is 11.6. The number of carbonyl (C=O) groups excluding carboxylic acids is 1. The molecule has 0 fully saturated rings. The van der Waals surface area contributed by atoms with Gasteiger partial charge in [0, 0.05) is 23.0 Å². The average molecular weight is 296 g/mol. The fraction of sp³-hybridized carbons (Fsp3) is 0.308. The van der Waals surface area contributed by atoms with Crippen LogP contribution in [0.4, 0.5) is 5.69 Å². The lowest BCUT2D eigenvalue weighted by Crippen LogP contribution is -2.08. The Morgan fingerprint density at radius 1 is 1.53 bits per heavy atom. The van der Waals surface area contributed by atoms with Crippen molar-refractivity contribution in [3.8, 4) is 11.8 Å². The molecule has 0 heterocycles. The van der Waals surface area contributed by atoms with Crippen molar-refractivity contribution in [1.29, 1.82) is 0 Å². The summed E-state index contributed by atoms with van der Waals surface area (Å²) in [6.07, 6.45) is 0.763. The average Bonchev–Trinajstić information content (AvgIpc) is 2.32. The molecule has 0 aliphatic rings. The van der Waals surface area contributed by atoms with Crippen LogP contribution in [0.5, 0.6) is 0 Å². The zero-order chi connectivity index (χ0) is 12.7. The monoisotopic (exact) mass is 295 g/mol. The first-order chi connectivity index (χ1) is 8.19. The zero-order valence-corrected chi connectivity index (χ0v) is 11.2. The van der Waals surface area contributed by atoms with Crippen molar-refractivity contribution in [2.45, 2.75) is 13.3 Å². The molecule has 3 nitrogen and oxygen atoms in total. The molecule has 1 aromatic carbocycles. The Bertz CT molecular complexity index is 460. The number of benzene rings is 1. The molecule has 0 spiro atoms. The summed E-state index contributed by atoms with van der Waals surface area (Å²) in [5, 5.41) is 0.833. The molecule has 0 aliphatic heterocycles. The summed E-state index contributed by atoms with van der Waals surface area (Å²) in [4.78, 5) is 11.6. The van der Waals surface area contributed by atoms with Gasteiger partial charge >= 0.3 is 5.97 Å². The number of hydrogen-bond acceptors (Lipinski definition) is 3. The first-order valence-electron chi connectivity index (χ1n) is 5.30. The van der Waals surface area contributed by atoms with E-state index in [1.54, 1.807) is 25.1 Å². The van der Waals surface area contributed by atoms with Gasteiger partial charge in [0.2, 0.25) is 0 Å². The van der Waals surface area contributed by atoms with Crippen molar-refractivity contribution in [2.75, 3.05) is 17.7 Å². The molecular formula is C13H14BrNO2. The summed E-state index contributed by atoms with van der Waals surface area (Å²) in [6, 6.07) is 5.12. The molecule has 0 radical (unpaired) electrons. The fourth-order valence-electron chi connectivity index (χ4n) is 1.23. The molecule has 4 heteroatoms. The van der Waals surface area contributed by atoms with Gasteiger partial charge in [-0.25, -0.2) is 4.79 Å². The molecule has 0 bridgehead atoms. The predicted molar refractivity (Wildman–Crippen MR) is 72.1 cm³/mol. The summed E-state index contributed by atoms with van der Waals surface area (Å²) in [5.41, 5.74) is 7.27. The molecule has 0 aromatic heterocycles. The standard InChI is InChI=1S/C13H14BrNO2/c1-2-17-13(16)11-9-10(5-3-4-8-14)6-7-12(11)15/h6-7,9H,2,4,8,15H2,1H3. The molecule has 0 atom stereocenters. The van der Waals surface area contributed by atoms with Gasteiger partial charge < -0.3 is 10.5 Å². The highest BCUT2D eigenvalue weighted by Crippen LogP contribution is 2.15. The number of alkyl halides is 1. The van der Waals surface area contributed by atoms with Gasteiger partial charge in [-0.3, -0.25) is 0 Å². The van der Waals surface area contributed by atoms with Crippen LogP contribution in [0.15, 0.2) is 18.2 Å². The quantitative estimate of drug-likeness (QED) is 0.404. The van der Waals surface area contributed by atoms with E-state index in [-0.39, 0.29) is 0 Å². The van der Waals surface area contributed by atoms with Gasteiger partial charge in [0.05, 0.1) is 12.2 Å². The maximum atomic E-state index is 11.6. The Morgan fingerprint density at radius 3 is 2.94 bits per heavy atom. The van der Waals surface area contributed by atoms with Crippen LogP contribution in [-0.2, 0) is 4.74 Å². The molecule has 0 saturated heterocycles. The minimum Gasteiger partial charge on any atom is -0.462 e. The first-order valence-corrected chi connectivity index (χ1v) is 6.42. The van der Waals surface area contributed by atoms with Crippen LogP contribution in [0, 0.1) is 11.8 Å². The molecule has 1 aromatic rings. The molecule has 1 rings (SSSR count). The number of anilines is 1. The molecule has 2 N–H and O–H groups in total. The van der Waals surface area contributed by atoms with Crippen LogP contribution in [-0.4, -0.2) is 17.9 Å². The van der Waals surface area contributed by atoms with Gasteiger partial charge in [-0.1, -0.05) is 27.8 Å². The first kappa shape index (κ1) is 13.6. The number of ether oxygens (including phenoxy) is 1. The van der Waals surface area contributed by atoms with Crippen LogP contribution >= 0.6 is 15.9 Å². The minimum atomic E-state index is -0.408. The number of nitrogen functional groups attached to an aromatic ring is 1. The lowest BCUT2D eigenvalue weighted by atomic mass is 10.1. The number of esters is 1. The van der Waals surface area contributed by atoms with E-state index in [1.807, 2.05) is 0 Å². The largest absolute Gasteiger partial charge is 0.462 e. The second kappa shape index (κ2) is 6.97. The van der Waals surface area contributed by atoms with Crippen LogP contribution in [0.3, 0.4) is 0 Å². The van der Waals surface area contributed by atoms with E-state index < -0.39 is 5.97 Å². The van der Waals surface area contributed by atoms with Gasteiger partial charge in [0.15, 0.2) is 0 Å². The molecular weight excluding hydrogens is 282 g/mol. The number of nitrogens with two attached hydrogens (primary N) is 1. The van der Waals surface area contributed by atoms with Crippen molar-refractivity contribution in [3.63, 3.8) is 0 Å². The van der Waals surface area contributed by atoms with Gasteiger partial charge in [0.25, 0.3) is 0 Å². The SMILES string of the molecule is CCOC(=O)c1cc(C#CCCBr)ccc1N. The van der Waals surface area contributed by atoms with Crippen LogP contribution in [0.2, 0.25) is 0 Å². The van der Waals surface area contributed by atoms with Gasteiger partial charge in [-0.15, -0.1) is 0 Å². The molecule has 0 aliphatic carbocycles. The summed E-state index contributed by atoms with van der Waals surface area (Å²) in [6.45, 7) is 2.09. The smallest absolute Gasteiger partial charge is 0.340 e. The van der Waals surface area contributed by atoms with E-state index in [4.69, 9.17) is 10.5 Å². The lowest BCUT2D eigenvalue weighted by molar-refractivity contribution is 0.0527. The van der Waals surface area contributed by atoms with Crippen LogP contribution in [0.1, 0.15) is 29.3 Å². The van der Waals surface area contributed by atoms with Gasteiger partial charge in [-0.05, 0) is 25.1 Å². The van der Waals surface area contributed by atoms with Crippen LogP contribution < -0.4 is 5.73 Å². The van der Waals surface area contributed by atoms with E-state index in [0.717, 1.165) is 17.3 Å². The third-order valence-corrected chi connectivity index (χ3v) is 2.40. The van der Waals surface area contributed by atoms with E-state index in [9.17, 15) is 4.79 Å². The van der Waals surface area contributed by atoms with Crippen molar-refractivity contribution < 1.29 is 9.53 Å². The van der Waals surface area contributed by atoms with Gasteiger partial charge in [-0.2, -0.15) is 0 Å². The number of carbonyl (C=O) groups is 1. The normalized spacial score (nSPS) is 9.29. The molecule has 0 saturated carbocycles. The molecule has 17 heavy (non-hydrogen) atoms. The molecule has 0 unspecified atom stereocenters. The highest BCUT2D eigenvalue weighted by Gasteiger charge is 2.10. The van der Waals surface area contributed by atoms with E-state index in [0.29, 0.717) is 17.9 Å². The topological polar surface area (TPSA) is 52.3 Å². The van der Waals surface area contributed by atoms with Crippen molar-refractivity contribution in [3.05, 3.63) is 29.3 Å². The van der Waals surface area contributed by atoms with Crippen molar-refractivity contribution >= 4 is 27.6 Å². The highest BCUT2D eigenvalue weighted by molar-refractivity contribution is 9.09. The Hall–Kier alpha value is -1.47. The Morgan fingerprint density at radius 2 is 2.29 bits per heavy atom. The highest BCUT2D eigenvalue weighted by atomic mass is 79.9. The van der Waals surface area contributed by atoms with E-state index in [2.05, 4.69) is 27.8 Å². The van der Waals surface area contributed by atoms with E-state index >= 15 is 0 Å². The zero-order valence-electron chi connectivity index (χ0n) is 9.63. The summed E-state index contributed by atoms with van der Waals surface area (Å²) in [7, 11) is 0. The van der Waals surface area contributed by atoms with E-state index in [1.165, 1.54) is 0 Å². The Labute approximate surface area is 109 Å². The lowest BCUT2D eigenvalue weighted by Gasteiger charge is -2.05. The second-order valence-corrected chi connectivity index (χ2v) is 4.06. The Kier molecular flexibility index (Phi) is 5.58. The van der Waals surface area contributed by atoms with Crippen molar-refractivity contribution in [1.82, 2.24) is 0 Å². The second-order valence-electron chi connectivity index (χ2n) is 3.26. The summed E-state index contributed by atoms with van der Waals surface area (Å²) >= 11 is 3.30. The van der Waals surface area contributed by atoms with Crippen molar-refractivity contribution in [2.24, 2.45) is 0 Å². The fourth-order valence-corrected chi connectivity index (χ4v) is 1.43. The summed E-state index contributed by atoms with van der Waals surface area (Å²) in [5.74, 6) is 5.54. The number of halogens is 1. The molecule has 90 valence electrons. The third-order valence-electron chi connectivity index (χ3n) is 2.00. The molecule has 0 amide bonds. The van der Waals surface area contributed by atoms with Crippen LogP contribution in [0.25, 0.3) is 0 Å². The number of hydrogen-bond donors (Lipinski definition) is 1. The summed E-state index contributed by atoms with van der Waals surface area (Å²) < 4.78 is 4.91. The predicted octanol–water partition coefficient (Wildman–Crippen LogP) is 2.58. The maximum Gasteiger partial charge on any atom is 0.340 e. The van der Waals surface area contributed by atoms with Gasteiger partial charge in [0.1, 0.15) is 0 Å². The Balaban J connectivity index is 2.95. The third kappa shape index (κ3) is 4.12. The minimum absolute atomic E-state index is 0.331.